The van der Waals surface area contributed by atoms with E-state index in [1.54, 1.807) is 12.1 Å². The topological polar surface area (TPSA) is 54.7 Å². The number of nitrogens with zero attached hydrogens (tertiary/aromatic N) is 2. The zero-order valence-corrected chi connectivity index (χ0v) is 21.4. The van der Waals surface area contributed by atoms with Crippen LogP contribution in [0.25, 0.3) is 22.0 Å². The molecule has 2 heterocycles. The first kappa shape index (κ1) is 24.5. The molecule has 176 valence electrons. The zero-order valence-electron chi connectivity index (χ0n) is 21.4. The summed E-state index contributed by atoms with van der Waals surface area (Å²) in [7, 11) is 6.53. The number of benzene rings is 2. The molecule has 0 bridgehead atoms. The molecule has 1 N–H and O–H groups in total. The largest absolute Gasteiger partial charge is 0.479 e. The summed E-state index contributed by atoms with van der Waals surface area (Å²) >= 11 is 0. The molecule has 0 aliphatic carbocycles. The van der Waals surface area contributed by atoms with Gasteiger partial charge in [-0.25, -0.2) is 9.18 Å². The van der Waals surface area contributed by atoms with Crippen LogP contribution in [0.4, 0.5) is 10.1 Å². The predicted octanol–water partition coefficient (Wildman–Crippen LogP) is 2.34. The van der Waals surface area contributed by atoms with E-state index in [4.69, 9.17) is 4.74 Å². The first-order valence-corrected chi connectivity index (χ1v) is 11.8. The average Bonchev–Trinajstić information content (AvgIpc) is 3.05. The van der Waals surface area contributed by atoms with Crippen LogP contribution < -0.4 is 4.90 Å². The number of rotatable bonds is 5. The molecule has 1 aromatic heterocycles. The van der Waals surface area contributed by atoms with E-state index in [0.717, 1.165) is 52.1 Å². The third-order valence-electron chi connectivity index (χ3n) is 6.54. The first-order chi connectivity index (χ1) is 15.7. The van der Waals surface area contributed by atoms with Crippen molar-refractivity contribution in [2.75, 3.05) is 11.4 Å². The second-order valence-corrected chi connectivity index (χ2v) is 11.2. The van der Waals surface area contributed by atoms with Crippen molar-refractivity contribution in [3.8, 4) is 11.1 Å². The molecule has 5 nitrogen and oxygen atoms in total. The van der Waals surface area contributed by atoms with Gasteiger partial charge in [0.25, 0.3) is 0 Å². The molecular weight excluding hydrogens is 428 g/mol. The highest BCUT2D eigenvalue weighted by Crippen LogP contribution is 2.48. The number of halogens is 1. The van der Waals surface area contributed by atoms with E-state index in [2.05, 4.69) is 46.0 Å². The SMILES string of the molecule is BC(B)(B)N1CCn2c(C)cc3c(-c4ccc(F)cc4)c([C@H](OC(C)(C)C)C(=O)O)c(C)c1c32. The summed E-state index contributed by atoms with van der Waals surface area (Å²) in [5, 5.41) is 11.2. The van der Waals surface area contributed by atoms with E-state index in [1.807, 2.05) is 27.7 Å². The number of anilines is 1. The van der Waals surface area contributed by atoms with E-state index in [-0.39, 0.29) is 11.1 Å². The minimum absolute atomic E-state index is 0.153. The Balaban J connectivity index is 2.19. The summed E-state index contributed by atoms with van der Waals surface area (Å²) in [4.78, 5) is 15.0. The number of aromatic nitrogens is 1. The molecule has 9 heteroatoms. The van der Waals surface area contributed by atoms with Gasteiger partial charge in [-0.3, -0.25) is 0 Å². The summed E-state index contributed by atoms with van der Waals surface area (Å²) in [5.41, 5.74) is 5.68. The van der Waals surface area contributed by atoms with Crippen molar-refractivity contribution >= 4 is 46.1 Å². The van der Waals surface area contributed by atoms with E-state index in [1.165, 1.54) is 12.1 Å². The van der Waals surface area contributed by atoms with Gasteiger partial charge in [0.2, 0.25) is 0 Å². The zero-order chi connectivity index (χ0) is 25.2. The van der Waals surface area contributed by atoms with Crippen LogP contribution in [0, 0.1) is 19.7 Å². The third-order valence-corrected chi connectivity index (χ3v) is 6.54. The Morgan fingerprint density at radius 3 is 2.26 bits per heavy atom. The smallest absolute Gasteiger partial charge is 0.337 e. The van der Waals surface area contributed by atoms with Crippen molar-refractivity contribution in [3.63, 3.8) is 0 Å². The maximum Gasteiger partial charge on any atom is 0.337 e. The van der Waals surface area contributed by atoms with Gasteiger partial charge in [-0.05, 0) is 74.7 Å². The Kier molecular flexibility index (Phi) is 5.92. The van der Waals surface area contributed by atoms with Gasteiger partial charge in [-0.1, -0.05) is 12.1 Å². The van der Waals surface area contributed by atoms with Gasteiger partial charge in [0.1, 0.15) is 29.4 Å². The molecule has 0 spiro atoms. The Bertz CT molecular complexity index is 1270. The minimum Gasteiger partial charge on any atom is -0.479 e. The van der Waals surface area contributed by atoms with Crippen LogP contribution in [0.5, 0.6) is 0 Å². The number of hydrogen-bond donors (Lipinski definition) is 1. The van der Waals surface area contributed by atoms with Gasteiger partial charge >= 0.3 is 5.97 Å². The molecule has 0 radical (unpaired) electrons. The number of carboxylic acid groups (broad SMARTS) is 1. The molecule has 1 aliphatic rings. The molecule has 2 aromatic carbocycles. The summed E-state index contributed by atoms with van der Waals surface area (Å²) in [6.07, 6.45) is -1.17. The van der Waals surface area contributed by atoms with Crippen LogP contribution in [-0.2, 0) is 16.1 Å². The standard InChI is InChI=1S/C25H32B3FN2O3/c1-13-12-17-19(15-6-8-16(29)9-7-15)18(22(23(32)33)34-24(3,4)5)14(2)20-21(17)30(13)10-11-31(20)25(26,27)28/h6-9,12,22H,10-11,26-28H2,1-5H3,(H,32,33)/t22-/m0/s1. The van der Waals surface area contributed by atoms with Crippen molar-refractivity contribution in [3.05, 3.63) is 53.0 Å². The van der Waals surface area contributed by atoms with Crippen LogP contribution in [0.3, 0.4) is 0 Å². The van der Waals surface area contributed by atoms with Gasteiger partial charge < -0.3 is 19.3 Å². The number of aliphatic carboxylic acids is 1. The van der Waals surface area contributed by atoms with Crippen LogP contribution >= 0.6 is 0 Å². The fraction of sp³-hybridized carbons (Fsp3) is 0.400. The van der Waals surface area contributed by atoms with E-state index < -0.39 is 17.7 Å². The lowest BCUT2D eigenvalue weighted by atomic mass is 9.48. The lowest BCUT2D eigenvalue weighted by Crippen LogP contribution is -2.54. The first-order valence-electron chi connectivity index (χ1n) is 11.8. The molecule has 0 fully saturated rings. The number of carboxylic acids is 1. The molecule has 1 atom stereocenters. The lowest BCUT2D eigenvalue weighted by molar-refractivity contribution is -0.160. The van der Waals surface area contributed by atoms with Crippen molar-refractivity contribution in [1.29, 1.82) is 0 Å². The maximum absolute atomic E-state index is 13.9. The Morgan fingerprint density at radius 1 is 1.12 bits per heavy atom. The molecule has 1 aliphatic heterocycles. The highest BCUT2D eigenvalue weighted by Gasteiger charge is 2.37. The van der Waals surface area contributed by atoms with Crippen LogP contribution in [0.1, 0.15) is 43.7 Å². The Morgan fingerprint density at radius 2 is 1.74 bits per heavy atom. The summed E-state index contributed by atoms with van der Waals surface area (Å²) < 4.78 is 22.3. The second kappa shape index (κ2) is 8.23. The van der Waals surface area contributed by atoms with Gasteiger partial charge in [0.05, 0.1) is 16.8 Å². The summed E-state index contributed by atoms with van der Waals surface area (Å²) in [5.74, 6) is -1.37. The van der Waals surface area contributed by atoms with E-state index >= 15 is 0 Å². The Labute approximate surface area is 203 Å². The fourth-order valence-corrected chi connectivity index (χ4v) is 5.20. The van der Waals surface area contributed by atoms with Crippen molar-refractivity contribution in [1.82, 2.24) is 4.57 Å². The molecule has 0 unspecified atom stereocenters. The summed E-state index contributed by atoms with van der Waals surface area (Å²) in [6.45, 7) is 11.3. The van der Waals surface area contributed by atoms with Crippen LogP contribution in [0.15, 0.2) is 30.3 Å². The van der Waals surface area contributed by atoms with E-state index in [0.29, 0.717) is 5.56 Å². The van der Waals surface area contributed by atoms with Crippen molar-refractivity contribution < 1.29 is 19.0 Å². The van der Waals surface area contributed by atoms with Gasteiger partial charge in [0, 0.05) is 29.7 Å². The van der Waals surface area contributed by atoms with E-state index in [9.17, 15) is 14.3 Å². The van der Waals surface area contributed by atoms with Crippen molar-refractivity contribution in [2.24, 2.45) is 0 Å². The normalized spacial score (nSPS) is 15.1. The molecule has 4 rings (SSSR count). The fourth-order valence-electron chi connectivity index (χ4n) is 5.20. The van der Waals surface area contributed by atoms with Crippen LogP contribution in [0.2, 0.25) is 0 Å². The number of carbonyl (C=O) groups is 1. The quantitative estimate of drug-likeness (QED) is 0.595. The second-order valence-electron chi connectivity index (χ2n) is 11.2. The van der Waals surface area contributed by atoms with Gasteiger partial charge in [0.15, 0.2) is 6.10 Å². The Hall–Kier alpha value is -2.67. The molecule has 3 aromatic rings. The highest BCUT2D eigenvalue weighted by molar-refractivity contribution is 6.61. The lowest BCUT2D eigenvalue weighted by Gasteiger charge is -2.44. The number of aryl methyl sites for hydroxylation is 1. The maximum atomic E-state index is 13.9. The molecule has 0 amide bonds. The van der Waals surface area contributed by atoms with Crippen LogP contribution in [-0.4, -0.2) is 56.6 Å². The minimum atomic E-state index is -1.17. The number of ether oxygens (including phenoxy) is 1. The highest BCUT2D eigenvalue weighted by atomic mass is 19.1. The van der Waals surface area contributed by atoms with Gasteiger partial charge in [-0.15, -0.1) is 0 Å². The monoisotopic (exact) mass is 460 g/mol. The summed E-state index contributed by atoms with van der Waals surface area (Å²) in [6, 6.07) is 8.42. The molecule has 34 heavy (non-hydrogen) atoms. The van der Waals surface area contributed by atoms with Crippen molar-refractivity contribution in [2.45, 2.75) is 58.1 Å². The molecule has 0 saturated heterocycles. The third kappa shape index (κ3) is 4.15. The van der Waals surface area contributed by atoms with Gasteiger partial charge in [-0.2, -0.15) is 0 Å². The number of hydrogen-bond acceptors (Lipinski definition) is 3. The molecule has 0 saturated carbocycles. The molecular formula is C25H32B3FN2O3. The predicted molar refractivity (Wildman–Crippen MR) is 144 cm³/mol. The average molecular weight is 460 g/mol.